The largest absolute Gasteiger partial charge is 0.435 e. The van der Waals surface area contributed by atoms with Crippen LogP contribution >= 0.6 is 0 Å². The molecule has 0 aromatic heterocycles. The third kappa shape index (κ3) is 7.04. The zero-order chi connectivity index (χ0) is 15.8. The lowest BCUT2D eigenvalue weighted by atomic mass is 10.1. The normalized spacial score (nSPS) is 13.8. The lowest BCUT2D eigenvalue weighted by molar-refractivity contribution is -0.121. The van der Waals surface area contributed by atoms with Gasteiger partial charge in [0, 0.05) is 12.5 Å². The Hall–Kier alpha value is -1.69. The summed E-state index contributed by atoms with van der Waals surface area (Å²) in [6.45, 7) is 0.836. The maximum atomic E-state index is 12.2. The van der Waals surface area contributed by atoms with Crippen LogP contribution in [0.15, 0.2) is 24.3 Å². The Kier molecular flexibility index (Phi) is 7.08. The molecule has 0 radical (unpaired) electrons. The second-order valence-corrected chi connectivity index (χ2v) is 5.11. The molecule has 1 amide bonds. The van der Waals surface area contributed by atoms with Crippen molar-refractivity contribution >= 4 is 5.91 Å². The first-order valence-electron chi connectivity index (χ1n) is 6.98. The Bertz CT molecular complexity index is 453. The Labute approximate surface area is 123 Å². The van der Waals surface area contributed by atoms with E-state index < -0.39 is 6.61 Å². The molecular formula is C15H22F2N2O2. The number of nitrogens with one attached hydrogen (secondary N) is 1. The first kappa shape index (κ1) is 17.4. The van der Waals surface area contributed by atoms with Crippen LogP contribution in [-0.4, -0.2) is 18.6 Å². The van der Waals surface area contributed by atoms with Gasteiger partial charge >= 0.3 is 6.61 Å². The topological polar surface area (TPSA) is 64.4 Å². The molecule has 118 valence electrons. The van der Waals surface area contributed by atoms with E-state index in [4.69, 9.17) is 5.73 Å². The molecule has 21 heavy (non-hydrogen) atoms. The molecule has 0 saturated heterocycles. The summed E-state index contributed by atoms with van der Waals surface area (Å²) in [5.41, 5.74) is 6.34. The number of benzene rings is 1. The second-order valence-electron chi connectivity index (χ2n) is 5.11. The van der Waals surface area contributed by atoms with E-state index in [1.807, 2.05) is 6.92 Å². The molecule has 3 N–H and O–H groups in total. The molecule has 0 fully saturated rings. The summed E-state index contributed by atoms with van der Waals surface area (Å²) in [5, 5.41) is 2.83. The minimum absolute atomic E-state index is 0.0802. The summed E-state index contributed by atoms with van der Waals surface area (Å²) >= 11 is 0. The fraction of sp³-hybridized carbons (Fsp3) is 0.533. The van der Waals surface area contributed by atoms with Crippen molar-refractivity contribution in [3.8, 4) is 5.75 Å². The summed E-state index contributed by atoms with van der Waals surface area (Å²) in [4.78, 5) is 11.8. The molecule has 2 unspecified atom stereocenters. The number of carbonyl (C=O) groups is 1. The number of ether oxygens (including phenoxy) is 1. The Balaban J connectivity index is 2.50. The molecule has 6 heteroatoms. The van der Waals surface area contributed by atoms with Crippen LogP contribution < -0.4 is 15.8 Å². The molecule has 0 aliphatic rings. The van der Waals surface area contributed by atoms with Crippen LogP contribution in [0.1, 0.15) is 44.7 Å². The quantitative estimate of drug-likeness (QED) is 0.775. The van der Waals surface area contributed by atoms with Gasteiger partial charge in [-0.1, -0.05) is 12.1 Å². The summed E-state index contributed by atoms with van der Waals surface area (Å²) < 4.78 is 28.7. The van der Waals surface area contributed by atoms with Gasteiger partial charge in [-0.15, -0.1) is 0 Å². The van der Waals surface area contributed by atoms with Gasteiger partial charge in [0.2, 0.25) is 5.91 Å². The van der Waals surface area contributed by atoms with Gasteiger partial charge in [-0.2, -0.15) is 8.78 Å². The number of nitrogens with two attached hydrogens (primary N) is 1. The van der Waals surface area contributed by atoms with E-state index in [-0.39, 0.29) is 23.7 Å². The zero-order valence-corrected chi connectivity index (χ0v) is 12.3. The maximum absolute atomic E-state index is 12.2. The van der Waals surface area contributed by atoms with Crippen molar-refractivity contribution in [3.05, 3.63) is 29.8 Å². The summed E-state index contributed by atoms with van der Waals surface area (Å²) in [6.07, 6.45) is 1.92. The van der Waals surface area contributed by atoms with Gasteiger partial charge in [0.15, 0.2) is 0 Å². The van der Waals surface area contributed by atoms with Gasteiger partial charge in [0.05, 0.1) is 6.04 Å². The van der Waals surface area contributed by atoms with E-state index in [2.05, 4.69) is 10.1 Å². The minimum Gasteiger partial charge on any atom is -0.435 e. The van der Waals surface area contributed by atoms with Gasteiger partial charge in [-0.05, 0) is 44.4 Å². The van der Waals surface area contributed by atoms with E-state index in [0.29, 0.717) is 12.0 Å². The molecule has 0 aliphatic heterocycles. The number of hydrogen-bond donors (Lipinski definition) is 2. The van der Waals surface area contributed by atoms with Crippen LogP contribution in [0.3, 0.4) is 0 Å². The standard InChI is InChI=1S/C15H22F2N2O2/c1-10(18)5-3-8-14(20)19-11(2)12-6-4-7-13(9-12)21-15(16)17/h4,6-7,9-11,15H,3,5,8,18H2,1-2H3,(H,19,20). The molecular weight excluding hydrogens is 278 g/mol. The van der Waals surface area contributed by atoms with Crippen LogP contribution in [0.5, 0.6) is 5.75 Å². The van der Waals surface area contributed by atoms with Gasteiger partial charge in [0.25, 0.3) is 0 Å². The van der Waals surface area contributed by atoms with E-state index in [1.165, 1.54) is 12.1 Å². The van der Waals surface area contributed by atoms with Crippen molar-refractivity contribution < 1.29 is 18.3 Å². The molecule has 0 aliphatic carbocycles. The number of alkyl halides is 2. The second kappa shape index (κ2) is 8.56. The van der Waals surface area contributed by atoms with Crippen molar-refractivity contribution in [2.24, 2.45) is 5.73 Å². The third-order valence-corrected chi connectivity index (χ3v) is 3.02. The highest BCUT2D eigenvalue weighted by Crippen LogP contribution is 2.20. The minimum atomic E-state index is -2.86. The highest BCUT2D eigenvalue weighted by molar-refractivity contribution is 5.76. The van der Waals surface area contributed by atoms with E-state index >= 15 is 0 Å². The number of amides is 1. The predicted molar refractivity (Wildman–Crippen MR) is 77.1 cm³/mol. The Morgan fingerprint density at radius 1 is 1.38 bits per heavy atom. The number of hydrogen-bond acceptors (Lipinski definition) is 3. The van der Waals surface area contributed by atoms with Crippen molar-refractivity contribution in [2.75, 3.05) is 0 Å². The average Bonchev–Trinajstić information content (AvgIpc) is 2.37. The van der Waals surface area contributed by atoms with Crippen molar-refractivity contribution in [1.82, 2.24) is 5.32 Å². The molecule has 1 aromatic rings. The molecule has 0 bridgehead atoms. The molecule has 0 heterocycles. The van der Waals surface area contributed by atoms with Gasteiger partial charge in [0.1, 0.15) is 5.75 Å². The molecule has 0 spiro atoms. The number of rotatable bonds is 8. The predicted octanol–water partition coefficient (Wildman–Crippen LogP) is 2.98. The lowest BCUT2D eigenvalue weighted by Gasteiger charge is -2.15. The summed E-state index contributed by atoms with van der Waals surface area (Å²) in [5.74, 6) is 0.00360. The first-order chi connectivity index (χ1) is 9.88. The van der Waals surface area contributed by atoms with Crippen LogP contribution in [-0.2, 0) is 4.79 Å². The molecule has 1 rings (SSSR count). The lowest BCUT2D eigenvalue weighted by Crippen LogP contribution is -2.27. The average molecular weight is 300 g/mol. The Morgan fingerprint density at radius 2 is 2.10 bits per heavy atom. The molecule has 1 aromatic carbocycles. The highest BCUT2D eigenvalue weighted by atomic mass is 19.3. The smallest absolute Gasteiger partial charge is 0.387 e. The summed E-state index contributed by atoms with van der Waals surface area (Å²) in [7, 11) is 0. The molecule has 0 saturated carbocycles. The van der Waals surface area contributed by atoms with Crippen molar-refractivity contribution in [3.63, 3.8) is 0 Å². The van der Waals surface area contributed by atoms with Crippen molar-refractivity contribution in [2.45, 2.75) is 51.8 Å². The summed E-state index contributed by atoms with van der Waals surface area (Å²) in [6, 6.07) is 6.13. The number of halogens is 2. The highest BCUT2D eigenvalue weighted by Gasteiger charge is 2.11. The van der Waals surface area contributed by atoms with E-state index in [9.17, 15) is 13.6 Å². The van der Waals surface area contributed by atoms with Gasteiger partial charge < -0.3 is 15.8 Å². The van der Waals surface area contributed by atoms with Gasteiger partial charge in [-0.3, -0.25) is 4.79 Å². The monoisotopic (exact) mass is 300 g/mol. The third-order valence-electron chi connectivity index (χ3n) is 3.02. The maximum Gasteiger partial charge on any atom is 0.387 e. The Morgan fingerprint density at radius 3 is 2.71 bits per heavy atom. The SMILES string of the molecule is CC(N)CCCC(=O)NC(C)c1cccc(OC(F)F)c1. The van der Waals surface area contributed by atoms with Crippen molar-refractivity contribution in [1.29, 1.82) is 0 Å². The van der Waals surface area contributed by atoms with Crippen LogP contribution in [0.4, 0.5) is 8.78 Å². The first-order valence-corrected chi connectivity index (χ1v) is 6.98. The van der Waals surface area contributed by atoms with Crippen LogP contribution in [0.2, 0.25) is 0 Å². The molecule has 4 nitrogen and oxygen atoms in total. The fourth-order valence-electron chi connectivity index (χ4n) is 1.94. The van der Waals surface area contributed by atoms with E-state index in [1.54, 1.807) is 19.1 Å². The zero-order valence-electron chi connectivity index (χ0n) is 12.3. The molecule has 2 atom stereocenters. The van der Waals surface area contributed by atoms with Gasteiger partial charge in [-0.25, -0.2) is 0 Å². The number of carbonyl (C=O) groups excluding carboxylic acids is 1. The van der Waals surface area contributed by atoms with E-state index in [0.717, 1.165) is 12.8 Å². The van der Waals surface area contributed by atoms with Crippen LogP contribution in [0.25, 0.3) is 0 Å². The fourth-order valence-corrected chi connectivity index (χ4v) is 1.94. The van der Waals surface area contributed by atoms with Crippen LogP contribution in [0, 0.1) is 0 Å².